The molecule has 0 aliphatic carbocycles. The van der Waals surface area contributed by atoms with Crippen molar-refractivity contribution in [2.45, 2.75) is 63.2 Å². The van der Waals surface area contributed by atoms with Crippen LogP contribution in [0.1, 0.15) is 44.9 Å². The lowest BCUT2D eigenvalue weighted by molar-refractivity contribution is -0.430. The molecule has 0 amide bonds. The summed E-state index contributed by atoms with van der Waals surface area (Å²) in [5, 5.41) is 0.897. The average Bonchev–Trinajstić information content (AvgIpc) is 2.33. The van der Waals surface area contributed by atoms with E-state index in [-0.39, 0.29) is 6.42 Å². The minimum atomic E-state index is -6.14. The van der Waals surface area contributed by atoms with Crippen molar-refractivity contribution in [3.63, 3.8) is 0 Å². The van der Waals surface area contributed by atoms with Gasteiger partial charge in [0.25, 0.3) is 0 Å². The fourth-order valence-electron chi connectivity index (χ4n) is 1.62. The highest BCUT2D eigenvalue weighted by atomic mass is 79.9. The summed E-state index contributed by atoms with van der Waals surface area (Å²) in [6.45, 7) is -0.920. The second-order valence-corrected chi connectivity index (χ2v) is 5.40. The Labute approximate surface area is 127 Å². The maximum Gasteiger partial charge on any atom is 0.458 e. The molecule has 0 bridgehead atoms. The number of unbranched alkanes of at least 4 members (excludes halogenated alkanes) is 6. The van der Waals surface area contributed by atoms with E-state index in [1.54, 1.807) is 0 Å². The van der Waals surface area contributed by atoms with Crippen LogP contribution in [0.4, 0.5) is 30.7 Å². The van der Waals surface area contributed by atoms with Crippen molar-refractivity contribution in [1.29, 1.82) is 0 Å². The highest BCUT2D eigenvalue weighted by molar-refractivity contribution is 9.09. The van der Waals surface area contributed by atoms with E-state index < -0.39 is 24.8 Å². The monoisotopic (exact) mass is 390 g/mol. The molecule has 0 unspecified atom stereocenters. The lowest BCUT2D eigenvalue weighted by atomic mass is 10.1. The van der Waals surface area contributed by atoms with Crippen molar-refractivity contribution in [2.24, 2.45) is 0 Å². The van der Waals surface area contributed by atoms with E-state index in [0.29, 0.717) is 12.8 Å². The first-order valence-electron chi connectivity index (χ1n) is 6.58. The van der Waals surface area contributed by atoms with Gasteiger partial charge in [0.05, 0.1) is 6.61 Å². The Morgan fingerprint density at radius 2 is 1.00 bits per heavy atom. The highest BCUT2D eigenvalue weighted by Crippen LogP contribution is 2.46. The van der Waals surface area contributed by atoms with E-state index in [0.717, 1.165) is 31.0 Å². The van der Waals surface area contributed by atoms with Gasteiger partial charge < -0.3 is 4.74 Å². The Bertz CT molecular complexity index is 264. The summed E-state index contributed by atoms with van der Waals surface area (Å²) < 4.78 is 89.3. The van der Waals surface area contributed by atoms with E-state index in [1.165, 1.54) is 0 Å². The van der Waals surface area contributed by atoms with Crippen molar-refractivity contribution in [3.8, 4) is 0 Å². The summed E-state index contributed by atoms with van der Waals surface area (Å²) in [5.74, 6) is -5.59. The zero-order chi connectivity index (χ0) is 16.6. The van der Waals surface area contributed by atoms with Crippen molar-refractivity contribution < 1.29 is 35.5 Å². The van der Waals surface area contributed by atoms with Gasteiger partial charge in [-0.05, 0) is 12.8 Å². The molecular formula is C12H18BrF7O. The first-order chi connectivity index (χ1) is 9.56. The molecule has 1 nitrogen and oxygen atoms in total. The number of ether oxygens (including phenoxy) is 1. The Kier molecular flexibility index (Phi) is 9.15. The van der Waals surface area contributed by atoms with Crippen molar-refractivity contribution >= 4 is 15.9 Å². The predicted molar refractivity (Wildman–Crippen MR) is 68.0 cm³/mol. The van der Waals surface area contributed by atoms with Crippen LogP contribution >= 0.6 is 15.9 Å². The summed E-state index contributed by atoms with van der Waals surface area (Å²) in [7, 11) is 0. The Morgan fingerprint density at radius 3 is 1.38 bits per heavy atom. The largest absolute Gasteiger partial charge is 0.458 e. The first-order valence-corrected chi connectivity index (χ1v) is 7.70. The van der Waals surface area contributed by atoms with Crippen LogP contribution in [0.25, 0.3) is 0 Å². The third-order valence-corrected chi connectivity index (χ3v) is 3.37. The number of hydrogen-bond acceptors (Lipinski definition) is 1. The van der Waals surface area contributed by atoms with Crippen LogP contribution in [0, 0.1) is 0 Å². The van der Waals surface area contributed by atoms with Crippen LogP contribution in [0.15, 0.2) is 0 Å². The van der Waals surface area contributed by atoms with Gasteiger partial charge in [-0.25, -0.2) is 0 Å². The molecule has 0 atom stereocenters. The van der Waals surface area contributed by atoms with E-state index in [9.17, 15) is 30.7 Å². The van der Waals surface area contributed by atoms with E-state index in [4.69, 9.17) is 0 Å². The maximum absolute atomic E-state index is 13.0. The molecule has 0 heterocycles. The molecule has 0 aromatic carbocycles. The van der Waals surface area contributed by atoms with Crippen molar-refractivity contribution in [3.05, 3.63) is 0 Å². The molecule has 0 rings (SSSR count). The Balaban J connectivity index is 3.97. The number of alkyl halides is 8. The average molecular weight is 391 g/mol. The van der Waals surface area contributed by atoms with Gasteiger partial charge in [-0.15, -0.1) is 0 Å². The third-order valence-electron chi connectivity index (χ3n) is 2.81. The zero-order valence-corrected chi connectivity index (χ0v) is 12.9. The molecule has 128 valence electrons. The second-order valence-electron chi connectivity index (χ2n) is 4.60. The van der Waals surface area contributed by atoms with Crippen LogP contribution in [0.2, 0.25) is 0 Å². The van der Waals surface area contributed by atoms with Gasteiger partial charge >= 0.3 is 18.2 Å². The lowest BCUT2D eigenvalue weighted by Crippen LogP contribution is -2.55. The Morgan fingerprint density at radius 1 is 0.619 bits per heavy atom. The molecule has 0 aliphatic heterocycles. The van der Waals surface area contributed by atoms with Crippen LogP contribution in [-0.2, 0) is 4.74 Å². The smallest absolute Gasteiger partial charge is 0.332 e. The molecule has 0 radical (unpaired) electrons. The van der Waals surface area contributed by atoms with E-state index in [1.807, 2.05) is 0 Å². The van der Waals surface area contributed by atoms with Crippen LogP contribution in [0.5, 0.6) is 0 Å². The van der Waals surface area contributed by atoms with Gasteiger partial charge in [-0.2, -0.15) is 30.7 Å². The van der Waals surface area contributed by atoms with Gasteiger partial charge in [-0.3, -0.25) is 0 Å². The first kappa shape index (κ1) is 20.9. The SMILES string of the molecule is FC(F)(F)C(F)(OCCCCCCCCCBr)C(F)(F)F. The van der Waals surface area contributed by atoms with Crippen LogP contribution in [-0.4, -0.2) is 30.1 Å². The van der Waals surface area contributed by atoms with Crippen molar-refractivity contribution in [2.75, 3.05) is 11.9 Å². The molecular weight excluding hydrogens is 373 g/mol. The summed E-state index contributed by atoms with van der Waals surface area (Å²) in [6.07, 6.45) is -7.43. The molecule has 0 fully saturated rings. The normalized spacial score (nSPS) is 13.7. The molecule has 0 N–H and O–H groups in total. The minimum absolute atomic E-state index is 0.0454. The van der Waals surface area contributed by atoms with E-state index in [2.05, 4.69) is 20.7 Å². The highest BCUT2D eigenvalue weighted by Gasteiger charge is 2.74. The molecule has 0 saturated heterocycles. The van der Waals surface area contributed by atoms with Crippen LogP contribution < -0.4 is 0 Å². The zero-order valence-electron chi connectivity index (χ0n) is 11.3. The van der Waals surface area contributed by atoms with Crippen molar-refractivity contribution in [1.82, 2.24) is 0 Å². The number of rotatable bonds is 10. The lowest BCUT2D eigenvalue weighted by Gasteiger charge is -2.29. The quantitative estimate of drug-likeness (QED) is 0.255. The van der Waals surface area contributed by atoms with Gasteiger partial charge in [0, 0.05) is 5.33 Å². The summed E-state index contributed by atoms with van der Waals surface area (Å²) >= 11 is 3.27. The number of halogens is 8. The molecule has 0 spiro atoms. The fourth-order valence-corrected chi connectivity index (χ4v) is 2.01. The molecule has 0 aromatic heterocycles. The summed E-state index contributed by atoms with van der Waals surface area (Å²) in [4.78, 5) is 0. The van der Waals surface area contributed by atoms with Gasteiger partial charge in [0.15, 0.2) is 0 Å². The van der Waals surface area contributed by atoms with Gasteiger partial charge in [-0.1, -0.05) is 48.0 Å². The summed E-state index contributed by atoms with van der Waals surface area (Å²) in [6, 6.07) is 0. The third kappa shape index (κ3) is 7.17. The molecule has 21 heavy (non-hydrogen) atoms. The number of hydrogen-bond donors (Lipinski definition) is 0. The molecule has 0 aromatic rings. The maximum atomic E-state index is 13.0. The van der Waals surface area contributed by atoms with E-state index >= 15 is 0 Å². The second kappa shape index (κ2) is 9.17. The topological polar surface area (TPSA) is 9.23 Å². The standard InChI is InChI=1S/C12H18BrF7O/c13-8-6-4-2-1-3-5-7-9-21-10(14,11(15,16)17)12(18,19)20/h1-9H2. The predicted octanol–water partition coefficient (Wildman–Crippen LogP) is 5.92. The molecule has 0 aliphatic rings. The Hall–Kier alpha value is -0.0500. The van der Waals surface area contributed by atoms with Gasteiger partial charge in [0.1, 0.15) is 0 Å². The van der Waals surface area contributed by atoms with Crippen LogP contribution in [0.3, 0.4) is 0 Å². The van der Waals surface area contributed by atoms with Gasteiger partial charge in [0.2, 0.25) is 0 Å². The fraction of sp³-hybridized carbons (Fsp3) is 1.00. The minimum Gasteiger partial charge on any atom is -0.332 e. The summed E-state index contributed by atoms with van der Waals surface area (Å²) in [5.41, 5.74) is 0. The molecule has 0 saturated carbocycles. The molecule has 9 heteroatoms.